The minimum Gasteiger partial charge on any atom is -0.507 e. The molecule has 0 saturated carbocycles. The summed E-state index contributed by atoms with van der Waals surface area (Å²) < 4.78 is 16.1. The molecule has 1 N–H and O–H groups in total. The van der Waals surface area contributed by atoms with E-state index in [-0.39, 0.29) is 17.9 Å². The average molecular weight is 389 g/mol. The molecule has 0 bridgehead atoms. The minimum absolute atomic E-state index is 0.276. The van der Waals surface area contributed by atoms with Crippen LogP contribution in [0.25, 0.3) is 0 Å². The second-order valence-corrected chi connectivity index (χ2v) is 7.16. The van der Waals surface area contributed by atoms with E-state index in [1.54, 1.807) is 6.07 Å². The van der Waals surface area contributed by atoms with Gasteiger partial charge in [-0.1, -0.05) is 12.1 Å². The summed E-state index contributed by atoms with van der Waals surface area (Å²) in [6.45, 7) is 7.58. The third-order valence-corrected chi connectivity index (χ3v) is 5.25. The van der Waals surface area contributed by atoms with Crippen molar-refractivity contribution in [2.45, 2.75) is 32.8 Å². The van der Waals surface area contributed by atoms with E-state index in [9.17, 15) is 14.7 Å². The molecule has 2 aliphatic heterocycles. The van der Waals surface area contributed by atoms with Gasteiger partial charge in [0, 0.05) is 13.1 Å². The Bertz CT molecular complexity index is 766. The van der Waals surface area contributed by atoms with Crippen molar-refractivity contribution in [2.24, 2.45) is 0 Å². The maximum absolute atomic E-state index is 12.4. The van der Waals surface area contributed by atoms with E-state index in [1.165, 1.54) is 0 Å². The van der Waals surface area contributed by atoms with Crippen LogP contribution in [0.15, 0.2) is 29.5 Å². The molecule has 3 rings (SSSR count). The van der Waals surface area contributed by atoms with Crippen molar-refractivity contribution < 1.29 is 28.9 Å². The zero-order valence-electron chi connectivity index (χ0n) is 16.4. The van der Waals surface area contributed by atoms with Gasteiger partial charge in [-0.3, -0.25) is 9.69 Å². The lowest BCUT2D eigenvalue weighted by atomic mass is 10.1. The first-order valence-electron chi connectivity index (χ1n) is 9.64. The number of aliphatic hydroxyl groups is 1. The van der Waals surface area contributed by atoms with E-state index in [4.69, 9.17) is 14.2 Å². The highest BCUT2D eigenvalue weighted by molar-refractivity contribution is 6.19. The minimum atomic E-state index is -0.775. The number of hydrogen-bond donors (Lipinski definition) is 1. The van der Waals surface area contributed by atoms with Gasteiger partial charge in [-0.15, -0.1) is 0 Å². The maximum Gasteiger partial charge on any atom is 0.346 e. The number of cyclic esters (lactones) is 1. The number of rotatable bonds is 8. The first-order chi connectivity index (χ1) is 13.5. The van der Waals surface area contributed by atoms with E-state index >= 15 is 0 Å². The molecular weight excluding hydrogens is 362 g/mol. The van der Waals surface area contributed by atoms with Gasteiger partial charge in [0.2, 0.25) is 5.78 Å². The Morgan fingerprint density at radius 3 is 2.79 bits per heavy atom. The lowest BCUT2D eigenvalue weighted by Crippen LogP contribution is -2.37. The highest BCUT2D eigenvalue weighted by atomic mass is 16.6. The average Bonchev–Trinajstić information content (AvgIpc) is 2.97. The molecule has 0 radical (unpaired) electrons. The van der Waals surface area contributed by atoms with Gasteiger partial charge in [0.15, 0.2) is 18.5 Å². The normalized spacial score (nSPS) is 20.4. The van der Waals surface area contributed by atoms with Crippen LogP contribution in [0.2, 0.25) is 0 Å². The zero-order valence-corrected chi connectivity index (χ0v) is 16.4. The van der Waals surface area contributed by atoms with Crippen LogP contribution in [0.5, 0.6) is 5.75 Å². The Balaban J connectivity index is 1.54. The molecule has 28 heavy (non-hydrogen) atoms. The van der Waals surface area contributed by atoms with Gasteiger partial charge in [0.05, 0.1) is 13.2 Å². The molecule has 0 amide bonds. The molecule has 0 aliphatic carbocycles. The van der Waals surface area contributed by atoms with E-state index in [0.29, 0.717) is 12.2 Å². The van der Waals surface area contributed by atoms with Crippen LogP contribution in [0.1, 0.15) is 24.0 Å². The number of ketones is 1. The molecule has 1 aromatic rings. The molecule has 1 saturated heterocycles. The predicted octanol–water partition coefficient (Wildman–Crippen LogP) is 2.10. The highest BCUT2D eigenvalue weighted by Gasteiger charge is 2.38. The van der Waals surface area contributed by atoms with Crippen molar-refractivity contribution in [2.75, 3.05) is 39.5 Å². The third-order valence-electron chi connectivity index (χ3n) is 5.25. The van der Waals surface area contributed by atoms with Gasteiger partial charge in [-0.2, -0.15) is 0 Å². The number of aryl methyl sites for hydroxylation is 1. The Kier molecular flexibility index (Phi) is 6.70. The number of benzene rings is 1. The van der Waals surface area contributed by atoms with Crippen molar-refractivity contribution in [3.05, 3.63) is 40.7 Å². The number of Topliss-reactive ketones (excluding diaryl/α,β-unsaturated/α-hetero) is 1. The van der Waals surface area contributed by atoms with Crippen LogP contribution in [0.4, 0.5) is 0 Å². The van der Waals surface area contributed by atoms with Crippen LogP contribution in [0.3, 0.4) is 0 Å². The first-order valence-corrected chi connectivity index (χ1v) is 9.64. The van der Waals surface area contributed by atoms with Crippen molar-refractivity contribution in [3.63, 3.8) is 0 Å². The fourth-order valence-electron chi connectivity index (χ4n) is 3.38. The second-order valence-electron chi connectivity index (χ2n) is 7.16. The fraction of sp³-hybridized carbons (Fsp3) is 0.524. The van der Waals surface area contributed by atoms with Crippen LogP contribution in [-0.2, 0) is 19.1 Å². The molecule has 0 spiro atoms. The Hall–Kier alpha value is -2.38. The largest absolute Gasteiger partial charge is 0.507 e. The van der Waals surface area contributed by atoms with Gasteiger partial charge in [0.25, 0.3) is 0 Å². The summed E-state index contributed by atoms with van der Waals surface area (Å²) >= 11 is 0. The lowest BCUT2D eigenvalue weighted by molar-refractivity contribution is -0.141. The summed E-state index contributed by atoms with van der Waals surface area (Å²) in [5.41, 5.74) is 1.69. The second kappa shape index (κ2) is 9.21. The number of carbonyl (C=O) groups excluding carboxylic acids is 2. The van der Waals surface area contributed by atoms with E-state index in [0.717, 1.165) is 50.4 Å². The quantitative estimate of drug-likeness (QED) is 0.538. The number of ether oxygens (including phenoxy) is 3. The number of aliphatic hydroxyl groups excluding tert-OH is 1. The monoisotopic (exact) mass is 389 g/mol. The Morgan fingerprint density at radius 2 is 2.04 bits per heavy atom. The molecule has 1 atom stereocenters. The zero-order chi connectivity index (χ0) is 20.1. The number of hydrogen-bond acceptors (Lipinski definition) is 7. The van der Waals surface area contributed by atoms with Crippen molar-refractivity contribution in [1.29, 1.82) is 0 Å². The Morgan fingerprint density at radius 1 is 1.29 bits per heavy atom. The molecule has 1 unspecified atom stereocenters. The fourth-order valence-corrected chi connectivity index (χ4v) is 3.38. The van der Waals surface area contributed by atoms with Gasteiger partial charge >= 0.3 is 5.97 Å². The summed E-state index contributed by atoms with van der Waals surface area (Å²) in [4.78, 5) is 26.8. The topological polar surface area (TPSA) is 85.3 Å². The molecule has 152 valence electrons. The van der Waals surface area contributed by atoms with Crippen molar-refractivity contribution in [1.82, 2.24) is 4.90 Å². The SMILES string of the molecule is Cc1cccc(OCC(=O)C2=C(O)C(CCCN3CCOCC3)OC2=O)c1C. The van der Waals surface area contributed by atoms with Crippen LogP contribution >= 0.6 is 0 Å². The summed E-state index contributed by atoms with van der Waals surface area (Å²) in [5.74, 6) is -1.04. The standard InChI is InChI=1S/C21H27NO6/c1-14-5-3-6-17(15(14)2)27-13-16(23)19-20(24)18(28-21(19)25)7-4-8-22-9-11-26-12-10-22/h3,5-6,18,24H,4,7-13H2,1-2H3. The molecule has 1 fully saturated rings. The van der Waals surface area contributed by atoms with Gasteiger partial charge < -0.3 is 19.3 Å². The molecule has 2 aliphatic rings. The number of carbonyl (C=O) groups is 2. The van der Waals surface area contributed by atoms with Crippen LogP contribution in [-0.4, -0.2) is 67.3 Å². The summed E-state index contributed by atoms with van der Waals surface area (Å²) in [6, 6.07) is 5.56. The van der Waals surface area contributed by atoms with Gasteiger partial charge in [-0.05, 0) is 50.4 Å². The van der Waals surface area contributed by atoms with Crippen LogP contribution in [0, 0.1) is 13.8 Å². The summed E-state index contributed by atoms with van der Waals surface area (Å²) in [6.07, 6.45) is 0.472. The van der Waals surface area contributed by atoms with Gasteiger partial charge in [-0.25, -0.2) is 4.79 Å². The maximum atomic E-state index is 12.4. The van der Waals surface area contributed by atoms with E-state index in [2.05, 4.69) is 4.90 Å². The number of morpholine rings is 1. The molecule has 7 nitrogen and oxygen atoms in total. The van der Waals surface area contributed by atoms with Gasteiger partial charge in [0.1, 0.15) is 11.3 Å². The third kappa shape index (κ3) is 4.72. The molecular formula is C21H27NO6. The smallest absolute Gasteiger partial charge is 0.346 e. The predicted molar refractivity (Wildman–Crippen MR) is 102 cm³/mol. The highest BCUT2D eigenvalue weighted by Crippen LogP contribution is 2.26. The van der Waals surface area contributed by atoms with Crippen LogP contribution < -0.4 is 4.74 Å². The van der Waals surface area contributed by atoms with Crippen molar-refractivity contribution >= 4 is 11.8 Å². The Labute approximate surface area is 164 Å². The van der Waals surface area contributed by atoms with E-state index < -0.39 is 17.9 Å². The van der Waals surface area contributed by atoms with Crippen molar-refractivity contribution in [3.8, 4) is 5.75 Å². The number of nitrogens with zero attached hydrogens (tertiary/aromatic N) is 1. The summed E-state index contributed by atoms with van der Waals surface area (Å²) in [7, 11) is 0. The lowest BCUT2D eigenvalue weighted by Gasteiger charge is -2.26. The molecule has 7 heteroatoms. The molecule has 2 heterocycles. The molecule has 1 aromatic carbocycles. The summed E-state index contributed by atoms with van der Waals surface area (Å²) in [5, 5.41) is 10.3. The van der Waals surface area contributed by atoms with E-state index in [1.807, 2.05) is 26.0 Å². The number of esters is 1. The molecule has 0 aromatic heterocycles. The first kappa shape index (κ1) is 20.4.